The van der Waals surface area contributed by atoms with Crippen molar-refractivity contribution in [1.82, 2.24) is 15.0 Å². The Balaban J connectivity index is 2.95. The lowest BCUT2D eigenvalue weighted by atomic mass is 9.75. The average Bonchev–Trinajstić information content (AvgIpc) is 3.49. The fourth-order valence-corrected chi connectivity index (χ4v) is 7.79. The molecular weight excluding hydrogens is 667 g/mol. The molecule has 0 fully saturated rings. The standard InChI is InChI=1S/C43H71N5O3S/c1-16-20-22-30(18-3)27-47(28-31(19-4)23-21-17-2)40-45-36(42(9,10)11)35(52-40)25-33-32(24-29(5)41(6,7)8)34(26-44)38(50)48(37(33)49)46(15)39(51)43(12,13)14/h25,29-31H,16-24,27-28H2,1-15H3/b33-25-. The molecule has 0 aromatic carbocycles. The summed E-state index contributed by atoms with van der Waals surface area (Å²) < 4.78 is 0. The molecule has 1 aliphatic rings. The van der Waals surface area contributed by atoms with Gasteiger partial charge in [-0.25, -0.2) is 9.99 Å². The number of amides is 3. The Morgan fingerprint density at radius 2 is 1.42 bits per heavy atom. The number of hydrogen-bond donors (Lipinski definition) is 0. The number of carbonyl (C=O) groups excluding carboxylic acids is 3. The Kier molecular flexibility index (Phi) is 16.4. The van der Waals surface area contributed by atoms with Crippen LogP contribution in [0.3, 0.4) is 0 Å². The van der Waals surface area contributed by atoms with Gasteiger partial charge in [-0.15, -0.1) is 0 Å². The fourth-order valence-electron chi connectivity index (χ4n) is 6.55. The molecule has 0 aliphatic carbocycles. The van der Waals surface area contributed by atoms with E-state index in [1.165, 1.54) is 45.6 Å². The van der Waals surface area contributed by atoms with Crippen LogP contribution in [0.2, 0.25) is 0 Å². The van der Waals surface area contributed by atoms with Gasteiger partial charge < -0.3 is 4.90 Å². The van der Waals surface area contributed by atoms with Crippen molar-refractivity contribution in [2.75, 3.05) is 25.0 Å². The molecule has 1 aromatic rings. The molecule has 2 heterocycles. The highest BCUT2D eigenvalue weighted by atomic mass is 32.1. The predicted octanol–water partition coefficient (Wildman–Crippen LogP) is 10.7. The lowest BCUT2D eigenvalue weighted by Gasteiger charge is -2.38. The van der Waals surface area contributed by atoms with Crippen molar-refractivity contribution >= 4 is 40.3 Å². The Morgan fingerprint density at radius 1 is 0.904 bits per heavy atom. The van der Waals surface area contributed by atoms with Gasteiger partial charge >= 0.3 is 0 Å². The van der Waals surface area contributed by atoms with Crippen LogP contribution in [0.25, 0.3) is 6.08 Å². The second-order valence-corrected chi connectivity index (χ2v) is 19.2. The minimum atomic E-state index is -0.854. The number of aromatic nitrogens is 1. The van der Waals surface area contributed by atoms with Gasteiger partial charge in [0.2, 0.25) is 5.91 Å². The van der Waals surface area contributed by atoms with Gasteiger partial charge in [-0.1, -0.05) is 147 Å². The van der Waals surface area contributed by atoms with Crippen LogP contribution in [0.1, 0.15) is 165 Å². The molecule has 292 valence electrons. The van der Waals surface area contributed by atoms with Crippen molar-refractivity contribution in [3.05, 3.63) is 27.3 Å². The zero-order valence-corrected chi connectivity index (χ0v) is 36.3. The molecule has 0 radical (unpaired) electrons. The smallest absolute Gasteiger partial charge is 0.290 e. The minimum Gasteiger partial charge on any atom is -0.348 e. The molecule has 0 saturated carbocycles. The molecule has 8 nitrogen and oxygen atoms in total. The maximum atomic E-state index is 14.7. The molecule has 1 aromatic heterocycles. The van der Waals surface area contributed by atoms with Crippen molar-refractivity contribution in [2.24, 2.45) is 28.6 Å². The van der Waals surface area contributed by atoms with Crippen molar-refractivity contribution in [3.63, 3.8) is 0 Å². The molecule has 0 saturated heterocycles. The highest BCUT2D eigenvalue weighted by Gasteiger charge is 2.44. The Bertz CT molecular complexity index is 1480. The number of hydrogen-bond acceptors (Lipinski definition) is 7. The van der Waals surface area contributed by atoms with Gasteiger partial charge in [0.15, 0.2) is 5.13 Å². The van der Waals surface area contributed by atoms with E-state index >= 15 is 0 Å². The van der Waals surface area contributed by atoms with E-state index in [1.54, 1.807) is 32.1 Å². The lowest BCUT2D eigenvalue weighted by Crippen LogP contribution is -2.56. The van der Waals surface area contributed by atoms with Gasteiger partial charge in [0, 0.05) is 36.5 Å². The van der Waals surface area contributed by atoms with E-state index in [0.717, 1.165) is 51.7 Å². The molecule has 3 unspecified atom stereocenters. The fraction of sp³-hybridized carbons (Fsp3) is 0.744. The molecule has 9 heteroatoms. The van der Waals surface area contributed by atoms with Crippen molar-refractivity contribution in [2.45, 2.75) is 160 Å². The highest BCUT2D eigenvalue weighted by Crippen LogP contribution is 2.42. The SMILES string of the molecule is CCCCC(CC)CN(CC(CC)CCCC)c1nc(C(C)(C)C)c(/C=C2\C(=O)N(N(C)C(=O)C(C)(C)C)C(=O)C(C#N)=C2CC(C)C(C)(C)C)s1. The molecule has 52 heavy (non-hydrogen) atoms. The van der Waals surface area contributed by atoms with Crippen LogP contribution in [-0.2, 0) is 19.8 Å². The predicted molar refractivity (Wildman–Crippen MR) is 218 cm³/mol. The maximum Gasteiger partial charge on any atom is 0.290 e. The van der Waals surface area contributed by atoms with Gasteiger partial charge in [-0.2, -0.15) is 10.3 Å². The van der Waals surface area contributed by atoms with E-state index in [1.807, 2.05) is 6.08 Å². The third-order valence-corrected chi connectivity index (χ3v) is 11.8. The van der Waals surface area contributed by atoms with Crippen LogP contribution in [0, 0.1) is 39.9 Å². The summed E-state index contributed by atoms with van der Waals surface area (Å²) in [6.45, 7) is 31.0. The summed E-state index contributed by atoms with van der Waals surface area (Å²) >= 11 is 1.60. The first-order valence-electron chi connectivity index (χ1n) is 19.8. The number of anilines is 1. The van der Waals surface area contributed by atoms with E-state index in [-0.39, 0.29) is 27.9 Å². The van der Waals surface area contributed by atoms with Crippen LogP contribution < -0.4 is 4.90 Å². The van der Waals surface area contributed by atoms with Gasteiger partial charge in [-0.05, 0) is 54.1 Å². The maximum absolute atomic E-state index is 14.7. The average molecular weight is 738 g/mol. The number of thiazole rings is 1. The highest BCUT2D eigenvalue weighted by molar-refractivity contribution is 7.16. The Morgan fingerprint density at radius 3 is 1.83 bits per heavy atom. The van der Waals surface area contributed by atoms with Crippen LogP contribution in [0.5, 0.6) is 0 Å². The first kappa shape index (κ1) is 45.2. The number of carbonyl (C=O) groups is 3. The van der Waals surface area contributed by atoms with Gasteiger partial charge in [0.1, 0.15) is 11.6 Å². The first-order valence-corrected chi connectivity index (χ1v) is 20.7. The van der Waals surface area contributed by atoms with E-state index in [2.05, 4.69) is 87.1 Å². The zero-order chi connectivity index (χ0) is 39.8. The molecule has 3 atom stereocenters. The lowest BCUT2D eigenvalue weighted by molar-refractivity contribution is -0.171. The molecular formula is C43H71N5O3S. The van der Waals surface area contributed by atoms with Crippen molar-refractivity contribution < 1.29 is 14.4 Å². The molecule has 0 spiro atoms. The van der Waals surface area contributed by atoms with E-state index in [0.29, 0.717) is 23.8 Å². The molecule has 1 aliphatic heterocycles. The zero-order valence-electron chi connectivity index (χ0n) is 35.5. The van der Waals surface area contributed by atoms with Gasteiger partial charge in [0.25, 0.3) is 11.8 Å². The van der Waals surface area contributed by atoms with Crippen LogP contribution in [0.4, 0.5) is 5.13 Å². The third-order valence-electron chi connectivity index (χ3n) is 10.7. The summed E-state index contributed by atoms with van der Waals surface area (Å²) in [5.74, 6) is -0.603. The van der Waals surface area contributed by atoms with Gasteiger partial charge in [0.05, 0.1) is 10.6 Å². The largest absolute Gasteiger partial charge is 0.348 e. The van der Waals surface area contributed by atoms with E-state index in [4.69, 9.17) is 4.98 Å². The van der Waals surface area contributed by atoms with Crippen LogP contribution in [-0.4, -0.2) is 52.9 Å². The Hall–Kier alpha value is -2.99. The first-order chi connectivity index (χ1) is 24.1. The number of nitrogens with zero attached hydrogens (tertiary/aromatic N) is 5. The molecule has 2 rings (SSSR count). The second kappa shape index (κ2) is 18.9. The summed E-state index contributed by atoms with van der Waals surface area (Å²) in [6, 6.07) is 2.15. The van der Waals surface area contributed by atoms with Crippen LogP contribution in [0.15, 0.2) is 16.7 Å². The monoisotopic (exact) mass is 738 g/mol. The molecule has 3 amide bonds. The minimum absolute atomic E-state index is 0.0492. The third kappa shape index (κ3) is 11.5. The summed E-state index contributed by atoms with van der Waals surface area (Å²) in [4.78, 5) is 50.8. The Labute approximate surface area is 321 Å². The molecule has 0 bridgehead atoms. The number of rotatable bonds is 17. The van der Waals surface area contributed by atoms with Crippen molar-refractivity contribution in [1.29, 1.82) is 5.26 Å². The van der Waals surface area contributed by atoms with E-state index < -0.39 is 23.1 Å². The summed E-state index contributed by atoms with van der Waals surface area (Å²) in [7, 11) is 1.44. The number of unbranched alkanes of at least 4 members (excludes halogenated alkanes) is 2. The summed E-state index contributed by atoms with van der Waals surface area (Å²) in [6.07, 6.45) is 11.6. The summed E-state index contributed by atoms with van der Waals surface area (Å²) in [5, 5.41) is 13.4. The second-order valence-electron chi connectivity index (χ2n) is 18.2. The number of imide groups is 1. The van der Waals surface area contributed by atoms with Crippen molar-refractivity contribution in [3.8, 4) is 6.07 Å². The van der Waals surface area contributed by atoms with Crippen LogP contribution >= 0.6 is 11.3 Å². The number of hydrazine groups is 1. The van der Waals surface area contributed by atoms with E-state index in [9.17, 15) is 19.6 Å². The van der Waals surface area contributed by atoms with Gasteiger partial charge in [-0.3, -0.25) is 14.4 Å². The number of nitriles is 1. The quantitative estimate of drug-likeness (QED) is 0.117. The topological polar surface area (TPSA) is 97.6 Å². The normalized spacial score (nSPS) is 17.0. The summed E-state index contributed by atoms with van der Waals surface area (Å²) in [5.41, 5.74) is 0.155. The molecule has 0 N–H and O–H groups in total.